The maximum absolute atomic E-state index is 9.01. The van der Waals surface area contributed by atoms with Crippen LogP contribution in [0.5, 0.6) is 0 Å². The molecule has 2 N–H and O–H groups in total. The monoisotopic (exact) mass is 244 g/mol. The number of aliphatic hydroxyl groups excluding tert-OH is 1. The predicted molar refractivity (Wildman–Crippen MR) is 70.3 cm³/mol. The Morgan fingerprint density at radius 3 is 2.88 bits per heavy atom. The molecule has 0 amide bonds. The maximum atomic E-state index is 9.01. The lowest BCUT2D eigenvalue weighted by molar-refractivity contribution is -0.00287. The quantitative estimate of drug-likeness (QED) is 0.664. The number of hydrogen-bond acceptors (Lipinski definition) is 4. The predicted octanol–water partition coefficient (Wildman–Crippen LogP) is 0.848. The van der Waals surface area contributed by atoms with Crippen molar-refractivity contribution in [2.45, 2.75) is 44.8 Å². The van der Waals surface area contributed by atoms with E-state index in [9.17, 15) is 0 Å². The molecule has 0 bridgehead atoms. The molecule has 1 heterocycles. The number of hydrogen-bond donors (Lipinski definition) is 2. The summed E-state index contributed by atoms with van der Waals surface area (Å²) in [6, 6.07) is 0.388. The fraction of sp³-hybridized carbons (Fsp3) is 1.00. The normalized spacial score (nSPS) is 22.9. The van der Waals surface area contributed by atoms with Crippen LogP contribution in [0.25, 0.3) is 0 Å². The second-order valence-electron chi connectivity index (χ2n) is 4.98. The molecule has 1 aliphatic rings. The largest absolute Gasteiger partial charge is 0.396 e. The molecule has 0 spiro atoms. The van der Waals surface area contributed by atoms with Crippen LogP contribution in [0.2, 0.25) is 0 Å². The van der Waals surface area contributed by atoms with E-state index in [2.05, 4.69) is 24.2 Å². The lowest BCUT2D eigenvalue weighted by atomic mass is 10.1. The molecule has 102 valence electrons. The van der Waals surface area contributed by atoms with E-state index in [0.717, 1.165) is 32.7 Å². The van der Waals surface area contributed by atoms with E-state index in [-0.39, 0.29) is 6.61 Å². The van der Waals surface area contributed by atoms with Crippen LogP contribution in [0.4, 0.5) is 0 Å². The van der Waals surface area contributed by atoms with Crippen molar-refractivity contribution >= 4 is 0 Å². The fourth-order valence-corrected chi connectivity index (χ4v) is 2.45. The van der Waals surface area contributed by atoms with Crippen molar-refractivity contribution in [1.82, 2.24) is 10.2 Å². The Labute approximate surface area is 105 Å². The average molecular weight is 244 g/mol. The summed E-state index contributed by atoms with van der Waals surface area (Å²) in [4.78, 5) is 2.32. The molecular weight excluding hydrogens is 216 g/mol. The molecule has 2 atom stereocenters. The molecule has 0 aromatic heterocycles. The number of nitrogens with one attached hydrogen (secondary N) is 1. The Morgan fingerprint density at radius 2 is 2.29 bits per heavy atom. The minimum atomic E-state index is 0.255. The number of aliphatic hydroxyl groups is 1. The van der Waals surface area contributed by atoms with Gasteiger partial charge in [0.2, 0.25) is 0 Å². The molecule has 4 nitrogen and oxygen atoms in total. The van der Waals surface area contributed by atoms with Gasteiger partial charge in [0.15, 0.2) is 0 Å². The SMILES string of the molecule is CCNC(CCO)CN(C)CC1CCCCO1. The van der Waals surface area contributed by atoms with Gasteiger partial charge in [-0.05, 0) is 39.3 Å². The highest BCUT2D eigenvalue weighted by Crippen LogP contribution is 2.13. The van der Waals surface area contributed by atoms with Gasteiger partial charge in [0.1, 0.15) is 0 Å². The van der Waals surface area contributed by atoms with Crippen molar-refractivity contribution in [2.24, 2.45) is 0 Å². The Kier molecular flexibility index (Phi) is 7.77. The van der Waals surface area contributed by atoms with Crippen LogP contribution in [0.3, 0.4) is 0 Å². The molecule has 1 saturated heterocycles. The van der Waals surface area contributed by atoms with Gasteiger partial charge in [0, 0.05) is 32.3 Å². The summed E-state index contributed by atoms with van der Waals surface area (Å²) in [6.45, 7) is 6.23. The van der Waals surface area contributed by atoms with Crippen molar-refractivity contribution in [1.29, 1.82) is 0 Å². The molecule has 0 radical (unpaired) electrons. The van der Waals surface area contributed by atoms with E-state index in [1.54, 1.807) is 0 Å². The third-order valence-electron chi connectivity index (χ3n) is 3.29. The molecule has 0 saturated carbocycles. The van der Waals surface area contributed by atoms with E-state index in [0.29, 0.717) is 12.1 Å². The summed E-state index contributed by atoms with van der Waals surface area (Å²) in [5, 5.41) is 12.4. The number of nitrogens with zero attached hydrogens (tertiary/aromatic N) is 1. The standard InChI is InChI=1S/C13H28N2O2/c1-3-14-12(7-8-16)10-15(2)11-13-6-4-5-9-17-13/h12-14,16H,3-11H2,1-2H3. The summed E-state index contributed by atoms with van der Waals surface area (Å²) in [6.07, 6.45) is 4.93. The van der Waals surface area contributed by atoms with Crippen LogP contribution >= 0.6 is 0 Å². The zero-order chi connectivity index (χ0) is 12.5. The van der Waals surface area contributed by atoms with Gasteiger partial charge in [-0.25, -0.2) is 0 Å². The van der Waals surface area contributed by atoms with Crippen LogP contribution in [0.1, 0.15) is 32.6 Å². The first-order valence-electron chi connectivity index (χ1n) is 6.90. The van der Waals surface area contributed by atoms with Crippen molar-refractivity contribution in [3.63, 3.8) is 0 Å². The third-order valence-corrected chi connectivity index (χ3v) is 3.29. The molecule has 1 aliphatic heterocycles. The summed E-state index contributed by atoms with van der Waals surface area (Å²) in [5.41, 5.74) is 0. The van der Waals surface area contributed by atoms with Gasteiger partial charge < -0.3 is 20.1 Å². The molecule has 2 unspecified atom stereocenters. The molecule has 17 heavy (non-hydrogen) atoms. The van der Waals surface area contributed by atoms with E-state index in [4.69, 9.17) is 9.84 Å². The van der Waals surface area contributed by atoms with Gasteiger partial charge in [-0.15, -0.1) is 0 Å². The molecule has 4 heteroatoms. The Bertz CT molecular complexity index is 178. The average Bonchev–Trinajstić information content (AvgIpc) is 2.30. The first kappa shape index (κ1) is 14.9. The summed E-state index contributed by atoms with van der Waals surface area (Å²) in [7, 11) is 2.14. The highest BCUT2D eigenvalue weighted by molar-refractivity contribution is 4.73. The molecule has 1 rings (SSSR count). The second-order valence-corrected chi connectivity index (χ2v) is 4.98. The van der Waals surface area contributed by atoms with Crippen molar-refractivity contribution in [3.8, 4) is 0 Å². The summed E-state index contributed by atoms with van der Waals surface area (Å²) >= 11 is 0. The lowest BCUT2D eigenvalue weighted by Crippen LogP contribution is -2.43. The van der Waals surface area contributed by atoms with Gasteiger partial charge in [-0.3, -0.25) is 0 Å². The minimum absolute atomic E-state index is 0.255. The Morgan fingerprint density at radius 1 is 1.47 bits per heavy atom. The topological polar surface area (TPSA) is 44.7 Å². The fourth-order valence-electron chi connectivity index (χ4n) is 2.45. The van der Waals surface area contributed by atoms with Gasteiger partial charge >= 0.3 is 0 Å². The van der Waals surface area contributed by atoms with E-state index >= 15 is 0 Å². The van der Waals surface area contributed by atoms with Gasteiger partial charge in [-0.2, -0.15) is 0 Å². The van der Waals surface area contributed by atoms with E-state index in [1.165, 1.54) is 19.3 Å². The maximum Gasteiger partial charge on any atom is 0.0701 e. The molecular formula is C13H28N2O2. The first-order valence-corrected chi connectivity index (χ1v) is 6.90. The lowest BCUT2D eigenvalue weighted by Gasteiger charge is -2.30. The van der Waals surface area contributed by atoms with Crippen LogP contribution < -0.4 is 5.32 Å². The highest BCUT2D eigenvalue weighted by Gasteiger charge is 2.17. The van der Waals surface area contributed by atoms with Crippen LogP contribution in [-0.2, 0) is 4.74 Å². The molecule has 0 aromatic rings. The number of likely N-dealkylation sites (N-methyl/N-ethyl adjacent to an activating group) is 2. The van der Waals surface area contributed by atoms with Gasteiger partial charge in [0.25, 0.3) is 0 Å². The highest BCUT2D eigenvalue weighted by atomic mass is 16.5. The van der Waals surface area contributed by atoms with Gasteiger partial charge in [0.05, 0.1) is 6.10 Å². The Hall–Kier alpha value is -0.160. The van der Waals surface area contributed by atoms with Crippen LogP contribution in [-0.4, -0.2) is 62.0 Å². The number of ether oxygens (including phenoxy) is 1. The molecule has 1 fully saturated rings. The Balaban J connectivity index is 2.22. The van der Waals surface area contributed by atoms with E-state index in [1.807, 2.05) is 0 Å². The first-order chi connectivity index (χ1) is 8.26. The van der Waals surface area contributed by atoms with Gasteiger partial charge in [-0.1, -0.05) is 6.92 Å². The van der Waals surface area contributed by atoms with Crippen LogP contribution in [0.15, 0.2) is 0 Å². The zero-order valence-corrected chi connectivity index (χ0v) is 11.3. The smallest absolute Gasteiger partial charge is 0.0701 e. The van der Waals surface area contributed by atoms with Crippen LogP contribution in [0, 0.1) is 0 Å². The van der Waals surface area contributed by atoms with E-state index < -0.39 is 0 Å². The molecule has 0 aromatic carbocycles. The third kappa shape index (κ3) is 6.36. The summed E-state index contributed by atoms with van der Waals surface area (Å²) in [5.74, 6) is 0. The minimum Gasteiger partial charge on any atom is -0.396 e. The van der Waals surface area contributed by atoms with Crippen molar-refractivity contribution in [3.05, 3.63) is 0 Å². The van der Waals surface area contributed by atoms with Crippen molar-refractivity contribution < 1.29 is 9.84 Å². The zero-order valence-electron chi connectivity index (χ0n) is 11.3. The van der Waals surface area contributed by atoms with Crippen molar-refractivity contribution in [2.75, 3.05) is 39.9 Å². The second kappa shape index (κ2) is 8.86. The molecule has 0 aliphatic carbocycles. The summed E-state index contributed by atoms with van der Waals surface area (Å²) < 4.78 is 5.74. The number of rotatable bonds is 8.